The molecule has 0 radical (unpaired) electrons. The van der Waals surface area contributed by atoms with E-state index in [1.54, 1.807) is 4.90 Å². The molecule has 2 heterocycles. The summed E-state index contributed by atoms with van der Waals surface area (Å²) in [5.74, 6) is -0.348. The third kappa shape index (κ3) is 4.97. The van der Waals surface area contributed by atoms with Gasteiger partial charge >= 0.3 is 0 Å². The Morgan fingerprint density at radius 1 is 1.29 bits per heavy atom. The fourth-order valence-electron chi connectivity index (χ4n) is 3.29. The normalized spacial score (nSPS) is 26.9. The van der Waals surface area contributed by atoms with Gasteiger partial charge in [-0.2, -0.15) is 0 Å². The van der Waals surface area contributed by atoms with Gasteiger partial charge in [-0.25, -0.2) is 0 Å². The second-order valence-electron chi connectivity index (χ2n) is 6.42. The van der Waals surface area contributed by atoms with E-state index in [4.69, 9.17) is 5.73 Å². The second kappa shape index (κ2) is 7.75. The van der Waals surface area contributed by atoms with E-state index in [9.17, 15) is 9.59 Å². The number of piperidine rings is 2. The highest BCUT2D eigenvalue weighted by Gasteiger charge is 2.27. The molecular weight excluding hydrogens is 268 g/mol. The van der Waals surface area contributed by atoms with Crippen LogP contribution >= 0.6 is 0 Å². The summed E-state index contributed by atoms with van der Waals surface area (Å²) < 4.78 is 0. The first kappa shape index (κ1) is 16.2. The molecule has 0 spiro atoms. The van der Waals surface area contributed by atoms with Gasteiger partial charge in [0, 0.05) is 25.7 Å². The highest BCUT2D eigenvalue weighted by atomic mass is 16.2. The van der Waals surface area contributed by atoms with Crippen molar-refractivity contribution in [1.29, 1.82) is 0 Å². The van der Waals surface area contributed by atoms with Crippen molar-refractivity contribution in [2.75, 3.05) is 39.8 Å². The first-order valence-electron chi connectivity index (χ1n) is 8.05. The fourth-order valence-corrected chi connectivity index (χ4v) is 3.29. The lowest BCUT2D eigenvalue weighted by molar-refractivity contribution is -0.135. The van der Waals surface area contributed by atoms with Gasteiger partial charge in [-0.3, -0.25) is 14.5 Å². The Morgan fingerprint density at radius 2 is 2.10 bits per heavy atom. The molecular formula is C15H28N4O2. The van der Waals surface area contributed by atoms with E-state index < -0.39 is 0 Å². The van der Waals surface area contributed by atoms with E-state index in [0.29, 0.717) is 19.1 Å². The number of hydrogen-bond acceptors (Lipinski definition) is 4. The van der Waals surface area contributed by atoms with E-state index in [0.717, 1.165) is 32.5 Å². The molecule has 120 valence electrons. The van der Waals surface area contributed by atoms with Gasteiger partial charge in [0.1, 0.15) is 0 Å². The molecule has 0 aliphatic carbocycles. The molecule has 2 fully saturated rings. The van der Waals surface area contributed by atoms with E-state index in [-0.39, 0.29) is 17.7 Å². The summed E-state index contributed by atoms with van der Waals surface area (Å²) in [6.45, 7) is 3.64. The Balaban J connectivity index is 1.75. The van der Waals surface area contributed by atoms with Crippen molar-refractivity contribution in [3.05, 3.63) is 0 Å². The number of primary amides is 1. The van der Waals surface area contributed by atoms with E-state index in [2.05, 4.69) is 10.2 Å². The minimum absolute atomic E-state index is 0.110. The van der Waals surface area contributed by atoms with Gasteiger partial charge in [-0.1, -0.05) is 6.42 Å². The lowest BCUT2D eigenvalue weighted by atomic mass is 9.97. The number of likely N-dealkylation sites (N-methyl/N-ethyl adjacent to an activating group) is 1. The van der Waals surface area contributed by atoms with Crippen molar-refractivity contribution in [3.8, 4) is 0 Å². The predicted molar refractivity (Wildman–Crippen MR) is 81.6 cm³/mol. The standard InChI is InChI=1S/C15H28N4O2/c1-18(10-13-6-2-3-7-17-13)11-14(20)19-8-4-5-12(9-19)15(16)21/h12-13,17H,2-11H2,1H3,(H2,16,21). The number of likely N-dealkylation sites (tertiary alicyclic amines) is 1. The van der Waals surface area contributed by atoms with E-state index >= 15 is 0 Å². The van der Waals surface area contributed by atoms with Crippen LogP contribution in [0, 0.1) is 5.92 Å². The van der Waals surface area contributed by atoms with Crippen LogP contribution in [0.5, 0.6) is 0 Å². The van der Waals surface area contributed by atoms with Gasteiger partial charge in [-0.15, -0.1) is 0 Å². The number of nitrogens with one attached hydrogen (secondary N) is 1. The molecule has 0 bridgehead atoms. The summed E-state index contributed by atoms with van der Waals surface area (Å²) in [4.78, 5) is 27.5. The molecule has 0 aromatic heterocycles. The van der Waals surface area contributed by atoms with Crippen molar-refractivity contribution in [3.63, 3.8) is 0 Å². The molecule has 0 aromatic rings. The lowest BCUT2D eigenvalue weighted by Gasteiger charge is -2.33. The number of hydrogen-bond donors (Lipinski definition) is 2. The summed E-state index contributed by atoms with van der Waals surface area (Å²) in [6.07, 6.45) is 5.38. The Labute approximate surface area is 127 Å². The molecule has 6 heteroatoms. The lowest BCUT2D eigenvalue weighted by Crippen LogP contribution is -2.49. The first-order valence-corrected chi connectivity index (χ1v) is 8.05. The average molecular weight is 296 g/mol. The van der Waals surface area contributed by atoms with Crippen LogP contribution in [0.2, 0.25) is 0 Å². The minimum Gasteiger partial charge on any atom is -0.369 e. The first-order chi connectivity index (χ1) is 10.1. The third-order valence-electron chi connectivity index (χ3n) is 4.53. The van der Waals surface area contributed by atoms with Crippen molar-refractivity contribution in [2.24, 2.45) is 11.7 Å². The molecule has 2 rings (SSSR count). The number of nitrogens with two attached hydrogens (primary N) is 1. The zero-order valence-corrected chi connectivity index (χ0v) is 13.0. The van der Waals surface area contributed by atoms with Crippen LogP contribution in [-0.2, 0) is 9.59 Å². The smallest absolute Gasteiger partial charge is 0.236 e. The van der Waals surface area contributed by atoms with Crippen LogP contribution in [0.25, 0.3) is 0 Å². The molecule has 2 unspecified atom stereocenters. The zero-order chi connectivity index (χ0) is 15.2. The summed E-state index contributed by atoms with van der Waals surface area (Å²) in [5.41, 5.74) is 5.36. The Bertz CT molecular complexity index is 369. The fraction of sp³-hybridized carbons (Fsp3) is 0.867. The maximum atomic E-state index is 12.3. The summed E-state index contributed by atoms with van der Waals surface area (Å²) in [5, 5.41) is 3.50. The van der Waals surface area contributed by atoms with Crippen LogP contribution in [0.1, 0.15) is 32.1 Å². The molecule has 2 aliphatic rings. The molecule has 2 atom stereocenters. The minimum atomic E-state index is -0.285. The summed E-state index contributed by atoms with van der Waals surface area (Å²) in [7, 11) is 1.99. The number of carbonyl (C=O) groups is 2. The maximum absolute atomic E-state index is 12.3. The van der Waals surface area contributed by atoms with Crippen molar-refractivity contribution >= 4 is 11.8 Å². The quantitative estimate of drug-likeness (QED) is 0.735. The molecule has 0 aromatic carbocycles. The van der Waals surface area contributed by atoms with Gasteiger partial charge in [-0.05, 0) is 39.3 Å². The van der Waals surface area contributed by atoms with E-state index in [1.165, 1.54) is 19.3 Å². The molecule has 6 nitrogen and oxygen atoms in total. The van der Waals surface area contributed by atoms with Crippen molar-refractivity contribution in [2.45, 2.75) is 38.1 Å². The van der Waals surface area contributed by atoms with Crippen LogP contribution in [0.3, 0.4) is 0 Å². The Kier molecular flexibility index (Phi) is 5.99. The van der Waals surface area contributed by atoms with Gasteiger partial charge < -0.3 is 16.0 Å². The topological polar surface area (TPSA) is 78.7 Å². The van der Waals surface area contributed by atoms with Crippen molar-refractivity contribution in [1.82, 2.24) is 15.1 Å². The molecule has 3 N–H and O–H groups in total. The monoisotopic (exact) mass is 296 g/mol. The third-order valence-corrected chi connectivity index (χ3v) is 4.53. The van der Waals surface area contributed by atoms with Crippen LogP contribution < -0.4 is 11.1 Å². The number of amides is 2. The average Bonchev–Trinajstić information content (AvgIpc) is 2.48. The SMILES string of the molecule is CN(CC(=O)N1CCCC(C(N)=O)C1)CC1CCCCN1. The Morgan fingerprint density at radius 3 is 2.76 bits per heavy atom. The molecule has 2 amide bonds. The second-order valence-corrected chi connectivity index (χ2v) is 6.42. The predicted octanol–water partition coefficient (Wildman–Crippen LogP) is -0.216. The maximum Gasteiger partial charge on any atom is 0.236 e. The molecule has 21 heavy (non-hydrogen) atoms. The molecule has 2 aliphatic heterocycles. The molecule has 2 saturated heterocycles. The van der Waals surface area contributed by atoms with Gasteiger partial charge in [0.25, 0.3) is 0 Å². The van der Waals surface area contributed by atoms with Gasteiger partial charge in [0.05, 0.1) is 12.5 Å². The molecule has 0 saturated carbocycles. The van der Waals surface area contributed by atoms with Crippen LogP contribution in [0.15, 0.2) is 0 Å². The van der Waals surface area contributed by atoms with Crippen LogP contribution in [-0.4, -0.2) is 67.4 Å². The number of nitrogens with zero attached hydrogens (tertiary/aromatic N) is 2. The largest absolute Gasteiger partial charge is 0.369 e. The van der Waals surface area contributed by atoms with Crippen molar-refractivity contribution < 1.29 is 9.59 Å². The van der Waals surface area contributed by atoms with Gasteiger partial charge in [0.2, 0.25) is 11.8 Å². The number of rotatable bonds is 5. The highest BCUT2D eigenvalue weighted by Crippen LogP contribution is 2.16. The van der Waals surface area contributed by atoms with Crippen LogP contribution in [0.4, 0.5) is 0 Å². The van der Waals surface area contributed by atoms with Gasteiger partial charge in [0.15, 0.2) is 0 Å². The summed E-state index contributed by atoms with van der Waals surface area (Å²) in [6, 6.07) is 0.497. The number of carbonyl (C=O) groups excluding carboxylic acids is 2. The van der Waals surface area contributed by atoms with E-state index in [1.807, 2.05) is 7.05 Å². The Hall–Kier alpha value is -1.14. The highest BCUT2D eigenvalue weighted by molar-refractivity contribution is 5.81. The zero-order valence-electron chi connectivity index (χ0n) is 13.0. The summed E-state index contributed by atoms with van der Waals surface area (Å²) >= 11 is 0.